The molecule has 0 radical (unpaired) electrons. The lowest BCUT2D eigenvalue weighted by atomic mass is 9.98. The van der Waals surface area contributed by atoms with Crippen molar-refractivity contribution in [1.82, 2.24) is 5.32 Å². The van der Waals surface area contributed by atoms with E-state index < -0.39 is 12.0 Å². The lowest BCUT2D eigenvalue weighted by molar-refractivity contribution is -0.137. The Bertz CT molecular complexity index is 876. The first-order valence-electron chi connectivity index (χ1n) is 9.62. The smallest absolute Gasteiger partial charge is 0.305 e. The van der Waals surface area contributed by atoms with E-state index in [2.05, 4.69) is 5.32 Å². The molecule has 0 aliphatic heterocycles. The molecular weight excluding hydrogens is 326 g/mol. The van der Waals surface area contributed by atoms with Crippen LogP contribution in [0.3, 0.4) is 0 Å². The van der Waals surface area contributed by atoms with Gasteiger partial charge in [-0.2, -0.15) is 0 Å². The standard InChI is InChI=1S/C22H23NO3/c24-18(25)11-17(14-6-5-12-3-1-2-4-13(12)9-14)23-22(26)21-19-15-7-8-16(10-15)20(19)21/h1-6,9,15-17,19-21H,7-8,10-11H2,(H,23,26)(H,24,25)/t15?,16?,17-,19?,20?,21?/m0/s1. The van der Waals surface area contributed by atoms with Crippen molar-refractivity contribution in [3.8, 4) is 0 Å². The molecule has 3 fully saturated rings. The number of carboxylic acid groups (broad SMARTS) is 1. The topological polar surface area (TPSA) is 66.4 Å². The molecule has 2 N–H and O–H groups in total. The SMILES string of the molecule is O=C(O)C[C@H](NC(=O)C1C2C3CCC(C3)C12)c1ccc2ccccc2c1. The third-order valence-corrected chi connectivity index (χ3v) is 6.91. The van der Waals surface area contributed by atoms with Crippen LogP contribution in [0.15, 0.2) is 42.5 Å². The molecule has 2 aromatic rings. The number of amides is 1. The number of rotatable bonds is 5. The largest absolute Gasteiger partial charge is 0.481 e. The summed E-state index contributed by atoms with van der Waals surface area (Å²) in [4.78, 5) is 24.2. The molecule has 5 atom stereocenters. The van der Waals surface area contributed by atoms with Crippen LogP contribution >= 0.6 is 0 Å². The zero-order valence-corrected chi connectivity index (χ0v) is 14.6. The highest BCUT2D eigenvalue weighted by molar-refractivity contribution is 5.85. The highest BCUT2D eigenvalue weighted by atomic mass is 16.4. The molecule has 134 valence electrons. The Balaban J connectivity index is 1.37. The van der Waals surface area contributed by atoms with Gasteiger partial charge in [0.2, 0.25) is 5.91 Å². The van der Waals surface area contributed by atoms with Crippen LogP contribution in [0, 0.1) is 29.6 Å². The van der Waals surface area contributed by atoms with Gasteiger partial charge in [-0.15, -0.1) is 0 Å². The van der Waals surface area contributed by atoms with E-state index in [4.69, 9.17) is 0 Å². The molecule has 3 saturated carbocycles. The highest BCUT2D eigenvalue weighted by Crippen LogP contribution is 2.69. The Morgan fingerprint density at radius 1 is 1.04 bits per heavy atom. The summed E-state index contributed by atoms with van der Waals surface area (Å²) in [7, 11) is 0. The summed E-state index contributed by atoms with van der Waals surface area (Å²) in [6.45, 7) is 0. The van der Waals surface area contributed by atoms with E-state index in [-0.39, 0.29) is 18.2 Å². The Hall–Kier alpha value is -2.36. The Morgan fingerprint density at radius 3 is 2.42 bits per heavy atom. The highest BCUT2D eigenvalue weighted by Gasteiger charge is 2.67. The molecule has 3 aliphatic rings. The minimum absolute atomic E-state index is 0.0657. The maximum atomic E-state index is 12.9. The van der Waals surface area contributed by atoms with Gasteiger partial charge in [-0.3, -0.25) is 9.59 Å². The molecule has 3 aliphatic carbocycles. The van der Waals surface area contributed by atoms with Crippen molar-refractivity contribution >= 4 is 22.6 Å². The Labute approximate surface area is 152 Å². The second-order valence-corrected chi connectivity index (χ2v) is 8.28. The summed E-state index contributed by atoms with van der Waals surface area (Å²) in [5.74, 6) is 1.90. The number of carbonyl (C=O) groups is 2. The molecule has 1 amide bonds. The van der Waals surface area contributed by atoms with Crippen molar-refractivity contribution < 1.29 is 14.7 Å². The minimum Gasteiger partial charge on any atom is -0.481 e. The number of benzene rings is 2. The van der Waals surface area contributed by atoms with Gasteiger partial charge in [0.1, 0.15) is 0 Å². The van der Waals surface area contributed by atoms with E-state index in [0.717, 1.165) is 28.2 Å². The molecular formula is C22H23NO3. The summed E-state index contributed by atoms with van der Waals surface area (Å²) >= 11 is 0. The molecule has 4 unspecified atom stereocenters. The van der Waals surface area contributed by atoms with Crippen LogP contribution in [0.5, 0.6) is 0 Å². The van der Waals surface area contributed by atoms with Crippen LogP contribution < -0.4 is 5.32 Å². The molecule has 2 bridgehead atoms. The van der Waals surface area contributed by atoms with E-state index >= 15 is 0 Å². The van der Waals surface area contributed by atoms with Crippen molar-refractivity contribution in [3.63, 3.8) is 0 Å². The van der Waals surface area contributed by atoms with E-state index in [9.17, 15) is 14.7 Å². The number of hydrogen-bond acceptors (Lipinski definition) is 2. The number of fused-ring (bicyclic) bond motifs is 6. The maximum absolute atomic E-state index is 12.9. The number of carbonyl (C=O) groups excluding carboxylic acids is 1. The molecule has 4 nitrogen and oxygen atoms in total. The molecule has 4 heteroatoms. The second kappa shape index (κ2) is 5.83. The first kappa shape index (κ1) is 15.9. The van der Waals surface area contributed by atoms with E-state index in [0.29, 0.717) is 11.8 Å². The molecule has 0 heterocycles. The van der Waals surface area contributed by atoms with Gasteiger partial charge in [-0.25, -0.2) is 0 Å². The summed E-state index contributed by atoms with van der Waals surface area (Å²) in [6, 6.07) is 13.5. The molecule has 0 aromatic heterocycles. The summed E-state index contributed by atoms with van der Waals surface area (Å²) in [5, 5.41) is 14.6. The first-order chi connectivity index (χ1) is 12.6. The van der Waals surface area contributed by atoms with Crippen molar-refractivity contribution in [2.75, 3.05) is 0 Å². The van der Waals surface area contributed by atoms with Gasteiger partial charge in [0.25, 0.3) is 0 Å². The second-order valence-electron chi connectivity index (χ2n) is 8.28. The Kier molecular flexibility index (Phi) is 3.56. The molecule has 5 rings (SSSR count). The average Bonchev–Trinajstić information content (AvgIpc) is 3.08. The van der Waals surface area contributed by atoms with Crippen molar-refractivity contribution in [2.24, 2.45) is 29.6 Å². The predicted molar refractivity (Wildman–Crippen MR) is 98.4 cm³/mol. The summed E-state index contributed by atoms with van der Waals surface area (Å²) in [6.07, 6.45) is 3.78. The fraction of sp³-hybridized carbons (Fsp3) is 0.455. The average molecular weight is 349 g/mol. The van der Waals surface area contributed by atoms with Gasteiger partial charge in [0.05, 0.1) is 12.5 Å². The quantitative estimate of drug-likeness (QED) is 0.864. The fourth-order valence-corrected chi connectivity index (χ4v) is 5.79. The molecule has 0 saturated heterocycles. The zero-order chi connectivity index (χ0) is 17.8. The van der Waals surface area contributed by atoms with Crippen molar-refractivity contribution in [1.29, 1.82) is 0 Å². The van der Waals surface area contributed by atoms with Crippen LogP contribution in [0.1, 0.15) is 37.3 Å². The number of nitrogens with one attached hydrogen (secondary N) is 1. The third-order valence-electron chi connectivity index (χ3n) is 6.91. The zero-order valence-electron chi connectivity index (χ0n) is 14.6. The van der Waals surface area contributed by atoms with Gasteiger partial charge in [0.15, 0.2) is 0 Å². The minimum atomic E-state index is -0.889. The van der Waals surface area contributed by atoms with E-state index in [1.54, 1.807) is 0 Å². The third kappa shape index (κ3) is 2.51. The lowest BCUT2D eigenvalue weighted by Crippen LogP contribution is -2.33. The Morgan fingerprint density at radius 2 is 1.73 bits per heavy atom. The van der Waals surface area contributed by atoms with Gasteiger partial charge in [0, 0.05) is 5.92 Å². The molecule has 26 heavy (non-hydrogen) atoms. The summed E-state index contributed by atoms with van der Waals surface area (Å²) < 4.78 is 0. The van der Waals surface area contributed by atoms with Crippen molar-refractivity contribution in [3.05, 3.63) is 48.0 Å². The monoisotopic (exact) mass is 349 g/mol. The number of carboxylic acids is 1. The summed E-state index contributed by atoms with van der Waals surface area (Å²) in [5.41, 5.74) is 0.869. The fourth-order valence-electron chi connectivity index (χ4n) is 5.79. The van der Waals surface area contributed by atoms with Gasteiger partial charge < -0.3 is 10.4 Å². The van der Waals surface area contributed by atoms with Gasteiger partial charge in [-0.1, -0.05) is 36.4 Å². The molecule has 2 aromatic carbocycles. The van der Waals surface area contributed by atoms with E-state index in [1.165, 1.54) is 19.3 Å². The molecule has 0 spiro atoms. The van der Waals surface area contributed by atoms with Gasteiger partial charge in [-0.05, 0) is 65.3 Å². The van der Waals surface area contributed by atoms with Crippen LogP contribution in [0.4, 0.5) is 0 Å². The lowest BCUT2D eigenvalue weighted by Gasteiger charge is -2.19. The maximum Gasteiger partial charge on any atom is 0.305 e. The van der Waals surface area contributed by atoms with E-state index in [1.807, 2.05) is 42.5 Å². The normalized spacial score (nSPS) is 32.2. The first-order valence-corrected chi connectivity index (χ1v) is 9.62. The van der Waals surface area contributed by atoms with Crippen LogP contribution in [0.2, 0.25) is 0 Å². The predicted octanol–water partition coefficient (Wildman–Crippen LogP) is 3.76. The van der Waals surface area contributed by atoms with Crippen LogP contribution in [-0.2, 0) is 9.59 Å². The number of aliphatic carboxylic acids is 1. The van der Waals surface area contributed by atoms with Crippen LogP contribution in [0.25, 0.3) is 10.8 Å². The number of hydrogen-bond donors (Lipinski definition) is 2. The van der Waals surface area contributed by atoms with Crippen molar-refractivity contribution in [2.45, 2.75) is 31.7 Å². The van der Waals surface area contributed by atoms with Crippen LogP contribution in [-0.4, -0.2) is 17.0 Å². The van der Waals surface area contributed by atoms with Gasteiger partial charge >= 0.3 is 5.97 Å².